The molecule has 0 radical (unpaired) electrons. The van der Waals surface area contributed by atoms with Crippen molar-refractivity contribution in [1.82, 2.24) is 9.80 Å². The highest BCUT2D eigenvalue weighted by atomic mass is 19.1. The molecule has 1 aromatic rings. The minimum absolute atomic E-state index is 0.0334. The number of benzene rings is 1. The molecular weight excluding hydrogens is 417 g/mol. The fourth-order valence-electron chi connectivity index (χ4n) is 3.82. The Balaban J connectivity index is 2.00. The number of nitrogens with one attached hydrogen (secondary N) is 1. The van der Waals surface area contributed by atoms with Crippen molar-refractivity contribution < 1.29 is 28.6 Å². The first-order valence-electron chi connectivity index (χ1n) is 11.1. The van der Waals surface area contributed by atoms with Gasteiger partial charge in [-0.3, -0.25) is 4.79 Å². The van der Waals surface area contributed by atoms with Crippen LogP contribution >= 0.6 is 0 Å². The highest BCUT2D eigenvalue weighted by molar-refractivity contribution is 5.89. The second-order valence-electron chi connectivity index (χ2n) is 8.48. The summed E-state index contributed by atoms with van der Waals surface area (Å²) in [6, 6.07) is 4.67. The van der Waals surface area contributed by atoms with Gasteiger partial charge < -0.3 is 29.7 Å². The van der Waals surface area contributed by atoms with Gasteiger partial charge in [0, 0.05) is 58.0 Å². The van der Waals surface area contributed by atoms with Gasteiger partial charge >= 0.3 is 6.03 Å². The molecule has 1 aliphatic heterocycles. The first-order valence-corrected chi connectivity index (χ1v) is 11.1. The number of rotatable bonds is 10. The maximum atomic E-state index is 13.1. The van der Waals surface area contributed by atoms with Crippen LogP contribution in [0, 0.1) is 17.7 Å². The van der Waals surface area contributed by atoms with Crippen molar-refractivity contribution in [3.8, 4) is 0 Å². The van der Waals surface area contributed by atoms with Gasteiger partial charge in [-0.15, -0.1) is 0 Å². The Kier molecular flexibility index (Phi) is 10.3. The number of ether oxygens (including phenoxy) is 2. The van der Waals surface area contributed by atoms with E-state index in [9.17, 15) is 19.1 Å². The molecule has 0 spiro atoms. The Morgan fingerprint density at radius 1 is 1.22 bits per heavy atom. The van der Waals surface area contributed by atoms with E-state index < -0.39 is 12.1 Å². The molecule has 3 atom stereocenters. The fraction of sp³-hybridized carbons (Fsp3) is 0.652. The van der Waals surface area contributed by atoms with E-state index in [0.29, 0.717) is 32.0 Å². The molecule has 32 heavy (non-hydrogen) atoms. The number of urea groups is 1. The second-order valence-corrected chi connectivity index (χ2v) is 8.48. The number of hydrogen-bond acceptors (Lipinski definition) is 5. The molecule has 3 amide bonds. The Bertz CT molecular complexity index is 727. The topological polar surface area (TPSA) is 91.3 Å². The smallest absolute Gasteiger partial charge is 0.322 e. The van der Waals surface area contributed by atoms with Gasteiger partial charge in [0.15, 0.2) is 0 Å². The van der Waals surface area contributed by atoms with Gasteiger partial charge in [0.25, 0.3) is 0 Å². The van der Waals surface area contributed by atoms with Crippen molar-refractivity contribution >= 4 is 17.6 Å². The van der Waals surface area contributed by atoms with Gasteiger partial charge in [-0.25, -0.2) is 9.18 Å². The van der Waals surface area contributed by atoms with Crippen LogP contribution in [-0.2, 0) is 14.3 Å². The van der Waals surface area contributed by atoms with Crippen LogP contribution in [0.3, 0.4) is 0 Å². The number of methoxy groups -OCH3 is 1. The maximum absolute atomic E-state index is 13.1. The average Bonchev–Trinajstić information content (AvgIpc) is 2.81. The van der Waals surface area contributed by atoms with Crippen molar-refractivity contribution in [1.29, 1.82) is 0 Å². The van der Waals surface area contributed by atoms with E-state index >= 15 is 0 Å². The van der Waals surface area contributed by atoms with Gasteiger partial charge in [-0.1, -0.05) is 6.92 Å². The van der Waals surface area contributed by atoms with Crippen molar-refractivity contribution in [2.24, 2.45) is 11.8 Å². The highest BCUT2D eigenvalue weighted by Gasteiger charge is 2.30. The van der Waals surface area contributed by atoms with Crippen LogP contribution in [0.4, 0.5) is 14.9 Å². The maximum Gasteiger partial charge on any atom is 0.322 e. The predicted molar refractivity (Wildman–Crippen MR) is 120 cm³/mol. The average molecular weight is 454 g/mol. The molecule has 1 fully saturated rings. The summed E-state index contributed by atoms with van der Waals surface area (Å²) < 4.78 is 24.1. The van der Waals surface area contributed by atoms with Crippen molar-refractivity contribution in [2.75, 3.05) is 52.4 Å². The van der Waals surface area contributed by atoms with Crippen molar-refractivity contribution in [3.63, 3.8) is 0 Å². The van der Waals surface area contributed by atoms with Crippen LogP contribution < -0.4 is 5.32 Å². The largest absolute Gasteiger partial charge is 0.394 e. The summed E-state index contributed by atoms with van der Waals surface area (Å²) in [6.07, 6.45) is 1.15. The minimum Gasteiger partial charge on any atom is -0.394 e. The lowest BCUT2D eigenvalue weighted by atomic mass is 9.97. The molecule has 2 N–H and O–H groups in total. The summed E-state index contributed by atoms with van der Waals surface area (Å²) in [5.74, 6) is -0.455. The lowest BCUT2D eigenvalue weighted by Crippen LogP contribution is -2.49. The number of amides is 3. The number of carbonyl (C=O) groups excluding carboxylic acids is 2. The third-order valence-corrected chi connectivity index (χ3v) is 5.98. The number of nitrogens with zero attached hydrogens (tertiary/aromatic N) is 2. The van der Waals surface area contributed by atoms with E-state index in [1.807, 2.05) is 6.92 Å². The summed E-state index contributed by atoms with van der Waals surface area (Å²) in [4.78, 5) is 28.9. The van der Waals surface area contributed by atoms with Gasteiger partial charge in [-0.05, 0) is 44.0 Å². The van der Waals surface area contributed by atoms with Gasteiger partial charge in [0.2, 0.25) is 5.91 Å². The summed E-state index contributed by atoms with van der Waals surface area (Å²) in [7, 11) is 3.36. The lowest BCUT2D eigenvalue weighted by molar-refractivity contribution is -0.139. The van der Waals surface area contributed by atoms with Gasteiger partial charge in [0.1, 0.15) is 5.82 Å². The summed E-state index contributed by atoms with van der Waals surface area (Å²) in [5.41, 5.74) is 0.462. The minimum atomic E-state index is -0.433. The summed E-state index contributed by atoms with van der Waals surface area (Å²) >= 11 is 0. The molecule has 8 nitrogen and oxygen atoms in total. The second kappa shape index (κ2) is 12.7. The quantitative estimate of drug-likeness (QED) is 0.568. The number of aliphatic hydroxyl groups excluding tert-OH is 1. The molecule has 1 heterocycles. The number of halogens is 1. The number of carbonyl (C=O) groups is 2. The number of likely N-dealkylation sites (N-methyl/N-ethyl adjacent to an activating group) is 1. The predicted octanol–water partition coefficient (Wildman–Crippen LogP) is 2.58. The molecule has 2 rings (SSSR count). The molecule has 0 unspecified atom stereocenters. The summed E-state index contributed by atoms with van der Waals surface area (Å²) in [5, 5.41) is 12.4. The van der Waals surface area contributed by atoms with Gasteiger partial charge in [0.05, 0.1) is 18.8 Å². The molecule has 0 saturated carbocycles. The molecule has 1 aliphatic rings. The van der Waals surface area contributed by atoms with E-state index in [1.54, 1.807) is 26.0 Å². The standard InChI is InChI=1S/C23H36FN3O5/c1-16(21(31-4)14-26(3)22(29)18-9-11-32-12-10-18)13-27(17(2)15-28)23(30)25-20-7-5-19(24)6-8-20/h5-8,16-18,21,28H,9-15H2,1-4H3,(H,25,30)/t16-,17+,21-/m0/s1. The van der Waals surface area contributed by atoms with E-state index in [4.69, 9.17) is 9.47 Å². The van der Waals surface area contributed by atoms with Crippen LogP contribution in [-0.4, -0.2) is 86.1 Å². The molecule has 1 aromatic carbocycles. The Labute approximate surface area is 189 Å². The Morgan fingerprint density at radius 2 is 1.84 bits per heavy atom. The number of hydrogen-bond donors (Lipinski definition) is 2. The first kappa shape index (κ1) is 26.0. The SMILES string of the molecule is CO[C@@H](CN(C)C(=O)C1CCOCC1)[C@@H](C)CN(C(=O)Nc1ccc(F)cc1)[C@H](C)CO. The van der Waals surface area contributed by atoms with E-state index in [-0.39, 0.29) is 36.3 Å². The number of aliphatic hydroxyl groups is 1. The zero-order chi connectivity index (χ0) is 23.7. The molecule has 0 bridgehead atoms. The van der Waals surface area contributed by atoms with Crippen LogP contribution in [0.25, 0.3) is 0 Å². The van der Waals surface area contributed by atoms with E-state index in [0.717, 1.165) is 12.8 Å². The monoisotopic (exact) mass is 453 g/mol. The Hall–Kier alpha value is -2.23. The first-order chi connectivity index (χ1) is 15.3. The zero-order valence-corrected chi connectivity index (χ0v) is 19.4. The lowest BCUT2D eigenvalue weighted by Gasteiger charge is -2.35. The van der Waals surface area contributed by atoms with Crippen LogP contribution in [0.15, 0.2) is 24.3 Å². The van der Waals surface area contributed by atoms with Crippen LogP contribution in [0.2, 0.25) is 0 Å². The van der Waals surface area contributed by atoms with E-state index in [1.165, 1.54) is 29.2 Å². The molecule has 0 aromatic heterocycles. The molecule has 0 aliphatic carbocycles. The van der Waals surface area contributed by atoms with E-state index in [2.05, 4.69) is 5.32 Å². The fourth-order valence-corrected chi connectivity index (χ4v) is 3.82. The van der Waals surface area contributed by atoms with Crippen molar-refractivity contribution in [3.05, 3.63) is 30.1 Å². The highest BCUT2D eigenvalue weighted by Crippen LogP contribution is 2.19. The van der Waals surface area contributed by atoms with Gasteiger partial charge in [-0.2, -0.15) is 0 Å². The normalized spacial score (nSPS) is 17.3. The van der Waals surface area contributed by atoms with Crippen LogP contribution in [0.5, 0.6) is 0 Å². The third kappa shape index (κ3) is 7.43. The Morgan fingerprint density at radius 3 is 2.41 bits per heavy atom. The molecule has 1 saturated heterocycles. The zero-order valence-electron chi connectivity index (χ0n) is 19.4. The summed E-state index contributed by atoms with van der Waals surface area (Å²) in [6.45, 7) is 5.41. The van der Waals surface area contributed by atoms with Crippen molar-refractivity contribution in [2.45, 2.75) is 38.8 Å². The van der Waals surface area contributed by atoms with Crippen LogP contribution in [0.1, 0.15) is 26.7 Å². The third-order valence-electron chi connectivity index (χ3n) is 5.98. The molecular formula is C23H36FN3O5. The molecule has 9 heteroatoms. The molecule has 180 valence electrons. The number of anilines is 1.